The van der Waals surface area contributed by atoms with E-state index < -0.39 is 5.25 Å². The van der Waals surface area contributed by atoms with Crippen LogP contribution in [0.1, 0.15) is 6.92 Å². The number of anilines is 1. The van der Waals surface area contributed by atoms with Crippen LogP contribution in [0.2, 0.25) is 10.0 Å². The highest BCUT2D eigenvalue weighted by atomic mass is 35.5. The number of nitrogens with one attached hydrogen (secondary N) is 1. The van der Waals surface area contributed by atoms with E-state index in [9.17, 15) is 4.79 Å². The molecule has 3 aromatic rings. The van der Waals surface area contributed by atoms with Gasteiger partial charge in [-0.3, -0.25) is 9.78 Å². The van der Waals surface area contributed by atoms with Crippen LogP contribution in [0.25, 0.3) is 11.5 Å². The van der Waals surface area contributed by atoms with Gasteiger partial charge in [0.25, 0.3) is 5.22 Å². The fraction of sp³-hybridized carbons (Fsp3) is 0.125. The van der Waals surface area contributed by atoms with Crippen LogP contribution in [0.5, 0.6) is 0 Å². The normalized spacial score (nSPS) is 12.0. The van der Waals surface area contributed by atoms with Gasteiger partial charge >= 0.3 is 0 Å². The molecule has 0 aliphatic rings. The second-order valence-corrected chi connectivity index (χ2v) is 7.12. The Morgan fingerprint density at radius 1 is 1.20 bits per heavy atom. The lowest BCUT2D eigenvalue weighted by molar-refractivity contribution is -0.115. The van der Waals surface area contributed by atoms with Gasteiger partial charge in [-0.15, -0.1) is 10.2 Å². The van der Waals surface area contributed by atoms with Crippen molar-refractivity contribution < 1.29 is 9.21 Å². The number of hydrogen-bond acceptors (Lipinski definition) is 6. The van der Waals surface area contributed by atoms with Gasteiger partial charge in [-0.2, -0.15) is 0 Å². The van der Waals surface area contributed by atoms with Crippen LogP contribution < -0.4 is 5.32 Å². The number of amides is 1. The molecule has 0 aliphatic heterocycles. The summed E-state index contributed by atoms with van der Waals surface area (Å²) in [6.07, 6.45) is 3.27. The third-order valence-electron chi connectivity index (χ3n) is 3.17. The Kier molecular flexibility index (Phi) is 5.57. The maximum Gasteiger partial charge on any atom is 0.277 e. The van der Waals surface area contributed by atoms with Gasteiger partial charge in [-0.1, -0.05) is 35.0 Å². The van der Waals surface area contributed by atoms with E-state index in [-0.39, 0.29) is 5.91 Å². The minimum Gasteiger partial charge on any atom is -0.411 e. The number of hydrogen-bond donors (Lipinski definition) is 1. The maximum absolute atomic E-state index is 12.3. The zero-order valence-corrected chi connectivity index (χ0v) is 15.3. The average Bonchev–Trinajstić information content (AvgIpc) is 3.06. The van der Waals surface area contributed by atoms with Gasteiger partial charge in [0.1, 0.15) is 0 Å². The number of halogens is 2. The Hall–Kier alpha value is -2.09. The van der Waals surface area contributed by atoms with Gasteiger partial charge in [0.2, 0.25) is 11.8 Å². The fourth-order valence-corrected chi connectivity index (χ4v) is 3.04. The smallest absolute Gasteiger partial charge is 0.277 e. The molecular weight excluding hydrogens is 383 g/mol. The van der Waals surface area contributed by atoms with E-state index in [1.807, 2.05) is 0 Å². The summed E-state index contributed by atoms with van der Waals surface area (Å²) in [7, 11) is 0. The second kappa shape index (κ2) is 7.86. The third kappa shape index (κ3) is 4.50. The first-order valence-corrected chi connectivity index (χ1v) is 8.83. The van der Waals surface area contributed by atoms with Crippen molar-refractivity contribution in [2.24, 2.45) is 0 Å². The topological polar surface area (TPSA) is 80.9 Å². The van der Waals surface area contributed by atoms with E-state index >= 15 is 0 Å². The molecule has 3 rings (SSSR count). The molecule has 0 spiro atoms. The summed E-state index contributed by atoms with van der Waals surface area (Å²) < 4.78 is 5.57. The van der Waals surface area contributed by atoms with Crippen LogP contribution in [0.3, 0.4) is 0 Å². The zero-order valence-electron chi connectivity index (χ0n) is 12.9. The highest BCUT2D eigenvalue weighted by Crippen LogP contribution is 2.29. The molecule has 1 aromatic carbocycles. The Balaban J connectivity index is 1.65. The quantitative estimate of drug-likeness (QED) is 0.638. The van der Waals surface area contributed by atoms with Crippen LogP contribution in [0, 0.1) is 0 Å². The van der Waals surface area contributed by atoms with E-state index in [1.165, 1.54) is 0 Å². The van der Waals surface area contributed by atoms with E-state index in [1.54, 1.807) is 49.6 Å². The third-order valence-corrected chi connectivity index (χ3v) is 4.65. The molecule has 0 radical (unpaired) electrons. The van der Waals surface area contributed by atoms with Crippen molar-refractivity contribution >= 4 is 46.6 Å². The predicted octanol–water partition coefficient (Wildman–Crippen LogP) is 4.56. The minimum absolute atomic E-state index is 0.238. The maximum atomic E-state index is 12.3. The van der Waals surface area contributed by atoms with Gasteiger partial charge in [0.15, 0.2) is 0 Å². The number of aromatic nitrogens is 3. The van der Waals surface area contributed by atoms with Crippen LogP contribution in [-0.4, -0.2) is 26.3 Å². The SMILES string of the molecule is CC(Sc1nnc(-c2ccncc2)o1)C(=O)Nc1ccc(Cl)cc1Cl. The van der Waals surface area contributed by atoms with Gasteiger partial charge in [0.05, 0.1) is 16.0 Å². The first-order valence-electron chi connectivity index (χ1n) is 7.19. The first-order chi connectivity index (χ1) is 12.0. The zero-order chi connectivity index (χ0) is 17.8. The standard InChI is InChI=1S/C16H12Cl2N4O2S/c1-9(14(23)20-13-3-2-11(17)8-12(13)18)25-16-22-21-15(24-16)10-4-6-19-7-5-10/h2-9H,1H3,(H,20,23). The summed E-state index contributed by atoms with van der Waals surface area (Å²) in [6, 6.07) is 8.39. The monoisotopic (exact) mass is 394 g/mol. The molecule has 0 saturated carbocycles. The largest absolute Gasteiger partial charge is 0.411 e. The number of thioether (sulfide) groups is 1. The van der Waals surface area contributed by atoms with Gasteiger partial charge in [-0.25, -0.2) is 0 Å². The molecule has 2 aromatic heterocycles. The number of pyridine rings is 1. The molecule has 1 N–H and O–H groups in total. The minimum atomic E-state index is -0.461. The van der Waals surface area contributed by atoms with Crippen LogP contribution in [-0.2, 0) is 4.79 Å². The summed E-state index contributed by atoms with van der Waals surface area (Å²) in [5, 5.41) is 11.4. The molecule has 25 heavy (non-hydrogen) atoms. The molecule has 1 atom stereocenters. The van der Waals surface area contributed by atoms with Crippen LogP contribution in [0.15, 0.2) is 52.4 Å². The average molecular weight is 395 g/mol. The highest BCUT2D eigenvalue weighted by Gasteiger charge is 2.19. The lowest BCUT2D eigenvalue weighted by Crippen LogP contribution is -2.22. The first kappa shape index (κ1) is 17.7. The van der Waals surface area contributed by atoms with Crippen molar-refractivity contribution in [1.29, 1.82) is 0 Å². The summed E-state index contributed by atoms with van der Waals surface area (Å²) >= 11 is 13.1. The summed E-state index contributed by atoms with van der Waals surface area (Å²) in [5.74, 6) is 0.135. The number of carbonyl (C=O) groups is 1. The van der Waals surface area contributed by atoms with E-state index in [4.69, 9.17) is 27.6 Å². The molecule has 0 bridgehead atoms. The second-order valence-electron chi connectivity index (χ2n) is 4.98. The number of rotatable bonds is 5. The highest BCUT2D eigenvalue weighted by molar-refractivity contribution is 8.00. The molecule has 0 aliphatic carbocycles. The lowest BCUT2D eigenvalue weighted by atomic mass is 10.3. The summed E-state index contributed by atoms with van der Waals surface area (Å²) in [6.45, 7) is 1.74. The van der Waals surface area contributed by atoms with E-state index in [0.717, 1.165) is 17.3 Å². The summed E-state index contributed by atoms with van der Waals surface area (Å²) in [4.78, 5) is 16.2. The van der Waals surface area contributed by atoms with Gasteiger partial charge in [-0.05, 0) is 37.3 Å². The molecule has 9 heteroatoms. The lowest BCUT2D eigenvalue weighted by Gasteiger charge is -2.11. The van der Waals surface area contributed by atoms with Crippen molar-refractivity contribution in [3.05, 3.63) is 52.8 Å². The van der Waals surface area contributed by atoms with Gasteiger partial charge < -0.3 is 9.73 Å². The van der Waals surface area contributed by atoms with Crippen LogP contribution >= 0.6 is 35.0 Å². The van der Waals surface area contributed by atoms with Crippen molar-refractivity contribution in [3.8, 4) is 11.5 Å². The van der Waals surface area contributed by atoms with E-state index in [2.05, 4.69) is 20.5 Å². The molecule has 1 unspecified atom stereocenters. The number of carbonyl (C=O) groups excluding carboxylic acids is 1. The summed E-state index contributed by atoms with van der Waals surface area (Å²) in [5.41, 5.74) is 1.26. The molecule has 1 amide bonds. The Labute approximate surface area is 158 Å². The number of nitrogens with zero attached hydrogens (tertiary/aromatic N) is 3. The Bertz CT molecular complexity index is 889. The fourth-order valence-electron chi connectivity index (χ4n) is 1.90. The molecule has 6 nitrogen and oxygen atoms in total. The number of benzene rings is 1. The van der Waals surface area contributed by atoms with Crippen molar-refractivity contribution in [3.63, 3.8) is 0 Å². The predicted molar refractivity (Wildman–Crippen MR) is 97.9 cm³/mol. The Morgan fingerprint density at radius 3 is 2.68 bits per heavy atom. The van der Waals surface area contributed by atoms with Crippen molar-refractivity contribution in [2.75, 3.05) is 5.32 Å². The van der Waals surface area contributed by atoms with E-state index in [0.29, 0.717) is 26.8 Å². The molecular formula is C16H12Cl2N4O2S. The molecule has 128 valence electrons. The molecule has 0 saturated heterocycles. The van der Waals surface area contributed by atoms with Crippen molar-refractivity contribution in [2.45, 2.75) is 17.4 Å². The van der Waals surface area contributed by atoms with Crippen LogP contribution in [0.4, 0.5) is 5.69 Å². The van der Waals surface area contributed by atoms with Gasteiger partial charge in [0, 0.05) is 23.0 Å². The molecule has 2 heterocycles. The Morgan fingerprint density at radius 2 is 1.96 bits per heavy atom. The molecule has 0 fully saturated rings. The van der Waals surface area contributed by atoms with Crippen molar-refractivity contribution in [1.82, 2.24) is 15.2 Å².